The fraction of sp³-hybridized carbons (Fsp3) is 0. The number of pyridine rings is 1. The number of hydrogen-bond acceptors (Lipinski definition) is 2. The molecule has 1 N–H and O–H groups in total. The molecule has 2 nitrogen and oxygen atoms in total. The van der Waals surface area contributed by atoms with Gasteiger partial charge in [-0.05, 0) is 35.7 Å². The lowest BCUT2D eigenvalue weighted by atomic mass is 10.1. The van der Waals surface area contributed by atoms with Gasteiger partial charge in [-0.3, -0.25) is 4.98 Å². The third kappa shape index (κ3) is 1.55. The number of rotatable bonds is 2. The molecule has 0 aliphatic heterocycles. The van der Waals surface area contributed by atoms with Gasteiger partial charge in [0.05, 0.1) is 11.4 Å². The van der Waals surface area contributed by atoms with Crippen LogP contribution >= 0.6 is 11.3 Å². The van der Waals surface area contributed by atoms with Crippen molar-refractivity contribution in [3.05, 3.63) is 54.2 Å². The zero-order valence-electron chi connectivity index (χ0n) is 8.55. The molecule has 0 atom stereocenters. The van der Waals surface area contributed by atoms with Crippen LogP contribution in [0.1, 0.15) is 0 Å². The lowest BCUT2D eigenvalue weighted by molar-refractivity contribution is 1.28. The summed E-state index contributed by atoms with van der Waals surface area (Å²) in [6.07, 6.45) is 3.75. The molecule has 0 saturated carbocycles. The molecule has 16 heavy (non-hydrogen) atoms. The van der Waals surface area contributed by atoms with Crippen LogP contribution in [0.3, 0.4) is 0 Å². The molecule has 0 saturated heterocycles. The Morgan fingerprint density at radius 1 is 1.06 bits per heavy atom. The summed E-state index contributed by atoms with van der Waals surface area (Å²) in [5.41, 5.74) is 3.25. The molecule has 3 heteroatoms. The zero-order valence-corrected chi connectivity index (χ0v) is 9.37. The Bertz CT molecular complexity index is 515. The summed E-state index contributed by atoms with van der Waals surface area (Å²) >= 11 is 1.73. The molecule has 0 radical (unpaired) electrons. The van der Waals surface area contributed by atoms with Crippen molar-refractivity contribution in [2.24, 2.45) is 0 Å². The summed E-state index contributed by atoms with van der Waals surface area (Å²) in [6, 6.07) is 12.3. The third-order valence-electron chi connectivity index (χ3n) is 2.45. The number of nitrogens with zero attached hydrogens (tertiary/aromatic N) is 1. The molecule has 0 amide bonds. The van der Waals surface area contributed by atoms with Gasteiger partial charge in [0.1, 0.15) is 0 Å². The summed E-state index contributed by atoms with van der Waals surface area (Å²) in [5.74, 6) is 0. The molecule has 3 aromatic heterocycles. The highest BCUT2D eigenvalue weighted by Gasteiger charge is 2.08. The van der Waals surface area contributed by atoms with Crippen LogP contribution in [0.15, 0.2) is 54.2 Å². The highest BCUT2D eigenvalue weighted by molar-refractivity contribution is 7.13. The number of aromatic amines is 1. The van der Waals surface area contributed by atoms with E-state index in [-0.39, 0.29) is 0 Å². The van der Waals surface area contributed by atoms with Crippen LogP contribution < -0.4 is 0 Å². The normalized spacial score (nSPS) is 10.5. The number of nitrogens with one attached hydrogen (secondary N) is 1. The molecule has 3 aromatic rings. The third-order valence-corrected chi connectivity index (χ3v) is 3.35. The van der Waals surface area contributed by atoms with E-state index in [2.05, 4.69) is 33.5 Å². The highest BCUT2D eigenvalue weighted by atomic mass is 32.1. The van der Waals surface area contributed by atoms with E-state index in [0.717, 1.165) is 11.4 Å². The number of thiophene rings is 1. The van der Waals surface area contributed by atoms with Crippen molar-refractivity contribution in [2.75, 3.05) is 0 Å². The van der Waals surface area contributed by atoms with Gasteiger partial charge in [-0.1, -0.05) is 6.07 Å². The van der Waals surface area contributed by atoms with Crippen molar-refractivity contribution >= 4 is 11.3 Å². The molecule has 3 rings (SSSR count). The first-order chi connectivity index (χ1) is 7.95. The van der Waals surface area contributed by atoms with E-state index in [1.807, 2.05) is 30.6 Å². The first-order valence-corrected chi connectivity index (χ1v) is 5.96. The molecule has 78 valence electrons. The van der Waals surface area contributed by atoms with E-state index in [4.69, 9.17) is 0 Å². The predicted octanol–water partition coefficient (Wildman–Crippen LogP) is 3.81. The molecule has 0 bridgehead atoms. The lowest BCUT2D eigenvalue weighted by Crippen LogP contribution is -1.86. The molecule has 0 aliphatic carbocycles. The van der Waals surface area contributed by atoms with E-state index < -0.39 is 0 Å². The Balaban J connectivity index is 2.19. The first-order valence-electron chi connectivity index (χ1n) is 5.08. The quantitative estimate of drug-likeness (QED) is 0.707. The molecule has 0 aromatic carbocycles. The van der Waals surface area contributed by atoms with Gasteiger partial charge in [0.2, 0.25) is 0 Å². The second-order valence-electron chi connectivity index (χ2n) is 3.46. The van der Waals surface area contributed by atoms with Gasteiger partial charge in [-0.25, -0.2) is 0 Å². The monoisotopic (exact) mass is 226 g/mol. The van der Waals surface area contributed by atoms with Gasteiger partial charge < -0.3 is 4.98 Å². The maximum Gasteiger partial charge on any atom is 0.0950 e. The van der Waals surface area contributed by atoms with Crippen molar-refractivity contribution in [1.82, 2.24) is 9.97 Å². The molecule has 3 heterocycles. The van der Waals surface area contributed by atoms with E-state index in [9.17, 15) is 0 Å². The zero-order chi connectivity index (χ0) is 10.8. The SMILES string of the molecule is c1c[nH]c(-c2ncccc2-c2cccs2)c1. The van der Waals surface area contributed by atoms with Gasteiger partial charge >= 0.3 is 0 Å². The highest BCUT2D eigenvalue weighted by Crippen LogP contribution is 2.31. The van der Waals surface area contributed by atoms with E-state index in [0.29, 0.717) is 0 Å². The van der Waals surface area contributed by atoms with Crippen molar-refractivity contribution in [1.29, 1.82) is 0 Å². The van der Waals surface area contributed by atoms with Crippen molar-refractivity contribution in [2.45, 2.75) is 0 Å². The minimum atomic E-state index is 1.01. The van der Waals surface area contributed by atoms with Crippen LogP contribution in [-0.2, 0) is 0 Å². The number of hydrogen-bond donors (Lipinski definition) is 1. The van der Waals surface area contributed by atoms with E-state index >= 15 is 0 Å². The van der Waals surface area contributed by atoms with Gasteiger partial charge in [-0.15, -0.1) is 11.3 Å². The molecule has 0 unspecified atom stereocenters. The molecular formula is C13H10N2S. The van der Waals surface area contributed by atoms with Crippen molar-refractivity contribution < 1.29 is 0 Å². The van der Waals surface area contributed by atoms with Crippen LogP contribution in [0.2, 0.25) is 0 Å². The summed E-state index contributed by atoms with van der Waals surface area (Å²) in [6.45, 7) is 0. The van der Waals surface area contributed by atoms with Gasteiger partial charge in [0.15, 0.2) is 0 Å². The Morgan fingerprint density at radius 3 is 2.81 bits per heavy atom. The summed E-state index contributed by atoms with van der Waals surface area (Å²) in [4.78, 5) is 8.90. The fourth-order valence-electron chi connectivity index (χ4n) is 1.73. The van der Waals surface area contributed by atoms with E-state index in [1.54, 1.807) is 11.3 Å². The van der Waals surface area contributed by atoms with Crippen LogP contribution in [0, 0.1) is 0 Å². The van der Waals surface area contributed by atoms with Crippen LogP contribution in [0.4, 0.5) is 0 Å². The van der Waals surface area contributed by atoms with Crippen molar-refractivity contribution in [3.63, 3.8) is 0 Å². The Morgan fingerprint density at radius 2 is 2.06 bits per heavy atom. The molecule has 0 aliphatic rings. The average molecular weight is 226 g/mol. The second-order valence-corrected chi connectivity index (χ2v) is 4.41. The van der Waals surface area contributed by atoms with Gasteiger partial charge in [0, 0.05) is 22.8 Å². The Labute approximate surface area is 97.6 Å². The smallest absolute Gasteiger partial charge is 0.0950 e. The Hall–Kier alpha value is -1.87. The van der Waals surface area contributed by atoms with Crippen LogP contribution in [0.5, 0.6) is 0 Å². The maximum absolute atomic E-state index is 4.45. The van der Waals surface area contributed by atoms with E-state index in [1.165, 1.54) is 10.4 Å². The predicted molar refractivity (Wildman–Crippen MR) is 67.3 cm³/mol. The molecular weight excluding hydrogens is 216 g/mol. The summed E-state index contributed by atoms with van der Waals surface area (Å²) in [5, 5.41) is 2.08. The first kappa shape index (κ1) is 9.36. The fourth-order valence-corrected chi connectivity index (χ4v) is 2.48. The maximum atomic E-state index is 4.45. The summed E-state index contributed by atoms with van der Waals surface area (Å²) < 4.78 is 0. The summed E-state index contributed by atoms with van der Waals surface area (Å²) in [7, 11) is 0. The minimum absolute atomic E-state index is 1.01. The number of aromatic nitrogens is 2. The molecule has 0 fully saturated rings. The lowest BCUT2D eigenvalue weighted by Gasteiger charge is -2.04. The minimum Gasteiger partial charge on any atom is -0.360 e. The second kappa shape index (κ2) is 3.94. The van der Waals surface area contributed by atoms with Crippen LogP contribution in [0.25, 0.3) is 21.8 Å². The largest absolute Gasteiger partial charge is 0.360 e. The Kier molecular flexibility index (Phi) is 2.31. The van der Waals surface area contributed by atoms with Crippen LogP contribution in [-0.4, -0.2) is 9.97 Å². The molecule has 0 spiro atoms. The average Bonchev–Trinajstić information content (AvgIpc) is 3.03. The van der Waals surface area contributed by atoms with Gasteiger partial charge in [-0.2, -0.15) is 0 Å². The number of H-pyrrole nitrogens is 1. The van der Waals surface area contributed by atoms with Gasteiger partial charge in [0.25, 0.3) is 0 Å². The van der Waals surface area contributed by atoms with Crippen molar-refractivity contribution in [3.8, 4) is 21.8 Å². The topological polar surface area (TPSA) is 28.7 Å². The standard InChI is InChI=1S/C13H10N2S/c1-4-10(12-6-3-9-16-12)13(15-8-1)11-5-2-7-14-11/h1-9,14H.